The SMILES string of the molecule is Cc1cc(C(=O)N(CC(C)C)C2CC2)cc(Cl)n1. The van der Waals surface area contributed by atoms with Crippen LogP contribution in [0.5, 0.6) is 0 Å². The number of rotatable bonds is 4. The number of aromatic nitrogens is 1. The van der Waals surface area contributed by atoms with E-state index in [2.05, 4.69) is 18.8 Å². The molecule has 0 atom stereocenters. The summed E-state index contributed by atoms with van der Waals surface area (Å²) in [5.74, 6) is 0.562. The minimum atomic E-state index is 0.0820. The van der Waals surface area contributed by atoms with E-state index < -0.39 is 0 Å². The number of pyridine rings is 1. The lowest BCUT2D eigenvalue weighted by Crippen LogP contribution is -2.36. The second-order valence-electron chi connectivity index (χ2n) is 5.40. The maximum atomic E-state index is 12.5. The van der Waals surface area contributed by atoms with E-state index in [4.69, 9.17) is 11.6 Å². The fourth-order valence-electron chi connectivity index (χ4n) is 2.09. The minimum absolute atomic E-state index is 0.0820. The van der Waals surface area contributed by atoms with E-state index in [0.717, 1.165) is 25.1 Å². The zero-order valence-corrected chi connectivity index (χ0v) is 11.9. The van der Waals surface area contributed by atoms with Gasteiger partial charge in [-0.1, -0.05) is 25.4 Å². The number of hydrogen-bond donors (Lipinski definition) is 0. The Balaban J connectivity index is 2.21. The molecule has 1 aliphatic carbocycles. The summed E-state index contributed by atoms with van der Waals surface area (Å²) in [5.41, 5.74) is 1.44. The largest absolute Gasteiger partial charge is 0.335 e. The highest BCUT2D eigenvalue weighted by atomic mass is 35.5. The number of amides is 1. The molecule has 2 rings (SSSR count). The van der Waals surface area contributed by atoms with Gasteiger partial charge in [-0.05, 0) is 37.8 Å². The number of aryl methyl sites for hydroxylation is 1. The number of halogens is 1. The van der Waals surface area contributed by atoms with E-state index in [-0.39, 0.29) is 5.91 Å². The summed E-state index contributed by atoms with van der Waals surface area (Å²) in [6.45, 7) is 6.93. The summed E-state index contributed by atoms with van der Waals surface area (Å²) in [6, 6.07) is 3.89. The first kappa shape index (κ1) is 13.3. The Hall–Kier alpha value is -1.09. The molecular weight excluding hydrogens is 248 g/mol. The smallest absolute Gasteiger partial charge is 0.254 e. The summed E-state index contributed by atoms with van der Waals surface area (Å²) in [6.07, 6.45) is 2.24. The van der Waals surface area contributed by atoms with E-state index in [9.17, 15) is 4.79 Å². The Morgan fingerprint density at radius 2 is 2.17 bits per heavy atom. The molecule has 1 aliphatic rings. The van der Waals surface area contributed by atoms with E-state index in [1.54, 1.807) is 6.07 Å². The minimum Gasteiger partial charge on any atom is -0.335 e. The highest BCUT2D eigenvalue weighted by Crippen LogP contribution is 2.29. The van der Waals surface area contributed by atoms with Crippen molar-refractivity contribution in [2.45, 2.75) is 39.7 Å². The fraction of sp³-hybridized carbons (Fsp3) is 0.571. The van der Waals surface area contributed by atoms with Gasteiger partial charge < -0.3 is 4.90 Å². The van der Waals surface area contributed by atoms with E-state index in [1.165, 1.54) is 0 Å². The lowest BCUT2D eigenvalue weighted by molar-refractivity contribution is 0.0722. The molecule has 0 radical (unpaired) electrons. The van der Waals surface area contributed by atoms with Crippen molar-refractivity contribution >= 4 is 17.5 Å². The number of nitrogens with zero attached hydrogens (tertiary/aromatic N) is 2. The Kier molecular flexibility index (Phi) is 3.91. The van der Waals surface area contributed by atoms with Gasteiger partial charge in [0.05, 0.1) is 0 Å². The third kappa shape index (κ3) is 3.22. The van der Waals surface area contributed by atoms with Gasteiger partial charge in [-0.3, -0.25) is 4.79 Å². The highest BCUT2D eigenvalue weighted by molar-refractivity contribution is 6.29. The van der Waals surface area contributed by atoms with Gasteiger partial charge in [0.15, 0.2) is 0 Å². The topological polar surface area (TPSA) is 33.2 Å². The standard InChI is InChI=1S/C14H19ClN2O/c1-9(2)8-17(12-4-5-12)14(18)11-6-10(3)16-13(15)7-11/h6-7,9,12H,4-5,8H2,1-3H3. The monoisotopic (exact) mass is 266 g/mol. The normalized spacial score (nSPS) is 14.9. The Morgan fingerprint density at radius 1 is 1.50 bits per heavy atom. The average Bonchev–Trinajstić information content (AvgIpc) is 3.07. The van der Waals surface area contributed by atoms with Gasteiger partial charge in [0.1, 0.15) is 5.15 Å². The van der Waals surface area contributed by atoms with Crippen LogP contribution in [0, 0.1) is 12.8 Å². The summed E-state index contributed by atoms with van der Waals surface area (Å²) < 4.78 is 0. The van der Waals surface area contributed by atoms with Crippen LogP contribution in [0.4, 0.5) is 0 Å². The predicted octanol–water partition coefficient (Wildman–Crippen LogP) is 3.30. The molecule has 3 nitrogen and oxygen atoms in total. The van der Waals surface area contributed by atoms with Crippen LogP contribution in [0.15, 0.2) is 12.1 Å². The number of carbonyl (C=O) groups is 1. The molecule has 0 unspecified atom stereocenters. The number of carbonyl (C=O) groups excluding carboxylic acids is 1. The zero-order valence-electron chi connectivity index (χ0n) is 11.1. The summed E-state index contributed by atoms with van der Waals surface area (Å²) in [4.78, 5) is 18.6. The van der Waals surface area contributed by atoms with Gasteiger partial charge in [-0.25, -0.2) is 4.98 Å². The fourth-order valence-corrected chi connectivity index (χ4v) is 2.35. The van der Waals surface area contributed by atoms with Crippen molar-refractivity contribution in [1.29, 1.82) is 0 Å². The van der Waals surface area contributed by atoms with E-state index in [0.29, 0.717) is 22.7 Å². The van der Waals surface area contributed by atoms with Gasteiger partial charge >= 0.3 is 0 Å². The molecule has 1 fully saturated rings. The molecule has 0 aromatic carbocycles. The average molecular weight is 267 g/mol. The van der Waals surface area contributed by atoms with Crippen molar-refractivity contribution in [3.8, 4) is 0 Å². The van der Waals surface area contributed by atoms with Gasteiger partial charge in [0, 0.05) is 23.8 Å². The predicted molar refractivity (Wildman–Crippen MR) is 72.9 cm³/mol. The summed E-state index contributed by atoms with van der Waals surface area (Å²) in [5, 5.41) is 0.388. The van der Waals surface area contributed by atoms with Crippen LogP contribution in [0.3, 0.4) is 0 Å². The molecule has 0 saturated heterocycles. The van der Waals surface area contributed by atoms with Crippen LogP contribution in [-0.2, 0) is 0 Å². The molecule has 1 amide bonds. The van der Waals surface area contributed by atoms with Crippen molar-refractivity contribution in [3.05, 3.63) is 28.5 Å². The molecule has 18 heavy (non-hydrogen) atoms. The van der Waals surface area contributed by atoms with Crippen molar-refractivity contribution in [1.82, 2.24) is 9.88 Å². The van der Waals surface area contributed by atoms with Crippen LogP contribution in [0.1, 0.15) is 42.7 Å². The maximum absolute atomic E-state index is 12.5. The molecule has 1 saturated carbocycles. The Labute approximate surface area is 113 Å². The molecule has 0 bridgehead atoms. The quantitative estimate of drug-likeness (QED) is 0.784. The molecule has 0 aliphatic heterocycles. The zero-order chi connectivity index (χ0) is 13.3. The van der Waals surface area contributed by atoms with E-state index >= 15 is 0 Å². The molecule has 0 N–H and O–H groups in total. The van der Waals surface area contributed by atoms with Gasteiger partial charge in [-0.15, -0.1) is 0 Å². The lowest BCUT2D eigenvalue weighted by Gasteiger charge is -2.24. The van der Waals surface area contributed by atoms with Crippen LogP contribution in [-0.4, -0.2) is 28.4 Å². The van der Waals surface area contributed by atoms with Gasteiger partial charge in [0.2, 0.25) is 0 Å². The molecule has 0 spiro atoms. The molecule has 1 aromatic rings. The van der Waals surface area contributed by atoms with Crippen molar-refractivity contribution in [2.24, 2.45) is 5.92 Å². The Morgan fingerprint density at radius 3 is 2.67 bits per heavy atom. The second-order valence-corrected chi connectivity index (χ2v) is 5.79. The molecule has 98 valence electrons. The first-order valence-electron chi connectivity index (χ1n) is 6.42. The molecular formula is C14H19ClN2O. The van der Waals surface area contributed by atoms with Crippen molar-refractivity contribution in [2.75, 3.05) is 6.54 Å². The summed E-state index contributed by atoms with van der Waals surface area (Å²) >= 11 is 5.92. The molecule has 1 aromatic heterocycles. The highest BCUT2D eigenvalue weighted by Gasteiger charge is 2.33. The third-order valence-electron chi connectivity index (χ3n) is 2.98. The van der Waals surface area contributed by atoms with Crippen LogP contribution >= 0.6 is 11.6 Å². The van der Waals surface area contributed by atoms with Crippen LogP contribution in [0.25, 0.3) is 0 Å². The third-order valence-corrected chi connectivity index (χ3v) is 3.17. The Bertz CT molecular complexity index is 435. The first-order chi connectivity index (χ1) is 8.47. The van der Waals surface area contributed by atoms with Crippen molar-refractivity contribution < 1.29 is 4.79 Å². The maximum Gasteiger partial charge on any atom is 0.254 e. The molecule has 1 heterocycles. The van der Waals surface area contributed by atoms with Crippen LogP contribution in [0.2, 0.25) is 5.15 Å². The lowest BCUT2D eigenvalue weighted by atomic mass is 10.1. The van der Waals surface area contributed by atoms with Gasteiger partial charge in [-0.2, -0.15) is 0 Å². The van der Waals surface area contributed by atoms with E-state index in [1.807, 2.05) is 17.9 Å². The van der Waals surface area contributed by atoms with Gasteiger partial charge in [0.25, 0.3) is 5.91 Å². The molecule has 4 heteroatoms. The van der Waals surface area contributed by atoms with Crippen molar-refractivity contribution in [3.63, 3.8) is 0 Å². The first-order valence-corrected chi connectivity index (χ1v) is 6.80. The number of hydrogen-bond acceptors (Lipinski definition) is 2. The van der Waals surface area contributed by atoms with Crippen LogP contribution < -0.4 is 0 Å². The second kappa shape index (κ2) is 5.27. The summed E-state index contributed by atoms with van der Waals surface area (Å²) in [7, 11) is 0.